The van der Waals surface area contributed by atoms with Crippen molar-refractivity contribution in [3.05, 3.63) is 53.6 Å². The molecule has 0 aliphatic rings. The van der Waals surface area contributed by atoms with Crippen molar-refractivity contribution in [2.24, 2.45) is 5.73 Å². The predicted molar refractivity (Wildman–Crippen MR) is 63.3 cm³/mol. The van der Waals surface area contributed by atoms with Crippen LogP contribution in [0.25, 0.3) is 0 Å². The predicted octanol–water partition coefficient (Wildman–Crippen LogP) is 2.78. The van der Waals surface area contributed by atoms with Crippen LogP contribution < -0.4 is 10.5 Å². The third-order valence-corrected chi connectivity index (χ3v) is 2.47. The standard InChI is InChI=1S/C13H13FN2O/c1-9-3-2-4-11(13(9)14)17-12-8-16-6-5-10(12)7-15/h2-6,8H,7,15H2,1H3. The zero-order chi connectivity index (χ0) is 12.3. The maximum absolute atomic E-state index is 13.7. The summed E-state index contributed by atoms with van der Waals surface area (Å²) in [6.45, 7) is 2.01. The molecule has 0 saturated heterocycles. The van der Waals surface area contributed by atoms with Crippen molar-refractivity contribution in [3.8, 4) is 11.5 Å². The van der Waals surface area contributed by atoms with Crippen molar-refractivity contribution in [2.75, 3.05) is 0 Å². The van der Waals surface area contributed by atoms with E-state index in [0.717, 1.165) is 5.56 Å². The van der Waals surface area contributed by atoms with Crippen molar-refractivity contribution >= 4 is 0 Å². The SMILES string of the molecule is Cc1cccc(Oc2cnccc2CN)c1F. The second-order valence-electron chi connectivity index (χ2n) is 3.68. The van der Waals surface area contributed by atoms with Gasteiger partial charge in [0.2, 0.25) is 0 Å². The quantitative estimate of drug-likeness (QED) is 0.885. The Morgan fingerprint density at radius 2 is 2.12 bits per heavy atom. The molecule has 1 aromatic carbocycles. The summed E-state index contributed by atoms with van der Waals surface area (Å²) in [7, 11) is 0. The van der Waals surface area contributed by atoms with E-state index in [9.17, 15) is 4.39 Å². The van der Waals surface area contributed by atoms with Crippen LogP contribution in [0.3, 0.4) is 0 Å². The van der Waals surface area contributed by atoms with Gasteiger partial charge in [0, 0.05) is 18.3 Å². The largest absolute Gasteiger partial charge is 0.452 e. The van der Waals surface area contributed by atoms with Gasteiger partial charge in [0.05, 0.1) is 6.20 Å². The number of nitrogens with zero attached hydrogens (tertiary/aromatic N) is 1. The Kier molecular flexibility index (Phi) is 3.35. The van der Waals surface area contributed by atoms with Gasteiger partial charge in [0.1, 0.15) is 5.75 Å². The molecule has 1 aromatic heterocycles. The second kappa shape index (κ2) is 4.93. The van der Waals surface area contributed by atoms with Crippen LogP contribution in [0.15, 0.2) is 36.7 Å². The van der Waals surface area contributed by atoms with E-state index >= 15 is 0 Å². The topological polar surface area (TPSA) is 48.1 Å². The number of halogens is 1. The number of benzene rings is 1. The average molecular weight is 232 g/mol. The maximum atomic E-state index is 13.7. The van der Waals surface area contributed by atoms with E-state index in [4.69, 9.17) is 10.5 Å². The summed E-state index contributed by atoms with van der Waals surface area (Å²) in [6, 6.07) is 6.76. The van der Waals surface area contributed by atoms with Crippen LogP contribution in [-0.2, 0) is 6.54 Å². The molecule has 0 aliphatic heterocycles. The monoisotopic (exact) mass is 232 g/mol. The smallest absolute Gasteiger partial charge is 0.168 e. The molecule has 0 radical (unpaired) electrons. The van der Waals surface area contributed by atoms with Crippen LogP contribution in [0, 0.1) is 12.7 Å². The normalized spacial score (nSPS) is 10.3. The molecule has 4 heteroatoms. The number of nitrogens with two attached hydrogens (primary N) is 1. The Morgan fingerprint density at radius 3 is 2.88 bits per heavy atom. The van der Waals surface area contributed by atoms with Gasteiger partial charge in [-0.25, -0.2) is 4.39 Å². The molecule has 1 heterocycles. The molecule has 2 aromatic rings. The van der Waals surface area contributed by atoms with Gasteiger partial charge in [-0.2, -0.15) is 0 Å². The minimum absolute atomic E-state index is 0.188. The molecule has 17 heavy (non-hydrogen) atoms. The van der Waals surface area contributed by atoms with Crippen LogP contribution in [0.1, 0.15) is 11.1 Å². The summed E-state index contributed by atoms with van der Waals surface area (Å²) in [4.78, 5) is 3.94. The molecule has 3 nitrogen and oxygen atoms in total. The van der Waals surface area contributed by atoms with E-state index in [1.807, 2.05) is 0 Å². The number of hydrogen-bond acceptors (Lipinski definition) is 3. The molecule has 88 valence electrons. The minimum Gasteiger partial charge on any atom is -0.452 e. The number of aromatic nitrogens is 1. The summed E-state index contributed by atoms with van der Waals surface area (Å²) in [5, 5.41) is 0. The highest BCUT2D eigenvalue weighted by molar-refractivity contribution is 5.37. The zero-order valence-corrected chi connectivity index (χ0v) is 9.48. The van der Waals surface area contributed by atoms with Crippen LogP contribution in [0.2, 0.25) is 0 Å². The molecule has 0 saturated carbocycles. The van der Waals surface area contributed by atoms with Crippen LogP contribution in [0.5, 0.6) is 11.5 Å². The third kappa shape index (κ3) is 2.42. The fourth-order valence-corrected chi connectivity index (χ4v) is 1.49. The van der Waals surface area contributed by atoms with E-state index in [1.165, 1.54) is 6.20 Å². The molecular weight excluding hydrogens is 219 g/mol. The van der Waals surface area contributed by atoms with Gasteiger partial charge in [-0.3, -0.25) is 4.98 Å². The third-order valence-electron chi connectivity index (χ3n) is 2.47. The zero-order valence-electron chi connectivity index (χ0n) is 9.48. The van der Waals surface area contributed by atoms with Crippen LogP contribution in [0.4, 0.5) is 4.39 Å². The van der Waals surface area contributed by atoms with Crippen molar-refractivity contribution in [1.82, 2.24) is 4.98 Å². The summed E-state index contributed by atoms with van der Waals surface area (Å²) >= 11 is 0. The fourth-order valence-electron chi connectivity index (χ4n) is 1.49. The Bertz CT molecular complexity index is 529. The van der Waals surface area contributed by atoms with Gasteiger partial charge in [-0.1, -0.05) is 12.1 Å². The number of rotatable bonds is 3. The minimum atomic E-state index is -0.362. The number of aryl methyl sites for hydroxylation is 1. The summed E-state index contributed by atoms with van der Waals surface area (Å²) in [5.41, 5.74) is 6.91. The fraction of sp³-hybridized carbons (Fsp3) is 0.154. The summed E-state index contributed by atoms with van der Waals surface area (Å²) < 4.78 is 19.2. The van der Waals surface area contributed by atoms with Crippen molar-refractivity contribution < 1.29 is 9.13 Å². The maximum Gasteiger partial charge on any atom is 0.168 e. The Balaban J connectivity index is 2.35. The molecule has 0 unspecified atom stereocenters. The molecular formula is C13H13FN2O. The lowest BCUT2D eigenvalue weighted by molar-refractivity contribution is 0.434. The van der Waals surface area contributed by atoms with Crippen molar-refractivity contribution in [3.63, 3.8) is 0 Å². The van der Waals surface area contributed by atoms with Gasteiger partial charge in [0.15, 0.2) is 11.6 Å². The van der Waals surface area contributed by atoms with Crippen LogP contribution in [-0.4, -0.2) is 4.98 Å². The van der Waals surface area contributed by atoms with Gasteiger partial charge >= 0.3 is 0 Å². The molecule has 0 atom stereocenters. The van der Waals surface area contributed by atoms with Crippen molar-refractivity contribution in [1.29, 1.82) is 0 Å². The first-order valence-corrected chi connectivity index (χ1v) is 5.28. The number of hydrogen-bond donors (Lipinski definition) is 1. The molecule has 0 amide bonds. The van der Waals surface area contributed by atoms with Crippen molar-refractivity contribution in [2.45, 2.75) is 13.5 Å². The first kappa shape index (κ1) is 11.5. The highest BCUT2D eigenvalue weighted by Crippen LogP contribution is 2.27. The Labute approximate surface area is 99.1 Å². The summed E-state index contributed by atoms with van der Waals surface area (Å²) in [6.07, 6.45) is 3.16. The lowest BCUT2D eigenvalue weighted by Gasteiger charge is -2.10. The molecule has 0 aliphatic carbocycles. The van der Waals surface area contributed by atoms with Gasteiger partial charge in [0.25, 0.3) is 0 Å². The van der Waals surface area contributed by atoms with E-state index in [1.54, 1.807) is 37.4 Å². The van der Waals surface area contributed by atoms with E-state index < -0.39 is 0 Å². The Morgan fingerprint density at radius 1 is 1.29 bits per heavy atom. The van der Waals surface area contributed by atoms with E-state index in [2.05, 4.69) is 4.98 Å². The van der Waals surface area contributed by atoms with Gasteiger partial charge in [-0.05, 0) is 24.6 Å². The number of ether oxygens (including phenoxy) is 1. The van der Waals surface area contributed by atoms with Gasteiger partial charge < -0.3 is 10.5 Å². The molecule has 0 spiro atoms. The molecule has 0 bridgehead atoms. The highest BCUT2D eigenvalue weighted by atomic mass is 19.1. The van der Waals surface area contributed by atoms with E-state index in [0.29, 0.717) is 17.9 Å². The molecule has 0 fully saturated rings. The second-order valence-corrected chi connectivity index (χ2v) is 3.68. The molecule has 2 rings (SSSR count). The first-order valence-electron chi connectivity index (χ1n) is 5.28. The number of pyridine rings is 1. The van der Waals surface area contributed by atoms with Gasteiger partial charge in [-0.15, -0.1) is 0 Å². The average Bonchev–Trinajstić information content (AvgIpc) is 2.35. The molecule has 2 N–H and O–H groups in total. The Hall–Kier alpha value is -1.94. The van der Waals surface area contributed by atoms with Crippen LogP contribution >= 0.6 is 0 Å². The summed E-state index contributed by atoms with van der Waals surface area (Å²) in [5.74, 6) is 0.312. The lowest BCUT2D eigenvalue weighted by atomic mass is 10.2. The lowest BCUT2D eigenvalue weighted by Crippen LogP contribution is -2.00. The first-order chi connectivity index (χ1) is 8.22. The van der Waals surface area contributed by atoms with E-state index in [-0.39, 0.29) is 11.6 Å². The highest BCUT2D eigenvalue weighted by Gasteiger charge is 2.09.